The molecular weight excluding hydrogens is 372 g/mol. The van der Waals surface area contributed by atoms with Crippen molar-refractivity contribution in [3.05, 3.63) is 29.8 Å². The van der Waals surface area contributed by atoms with E-state index in [2.05, 4.69) is 10.6 Å². The zero-order valence-electron chi connectivity index (χ0n) is 17.6. The largest absolute Gasteiger partial charge is 0.493 e. The van der Waals surface area contributed by atoms with E-state index in [0.717, 1.165) is 25.7 Å². The highest BCUT2D eigenvalue weighted by Crippen LogP contribution is 2.34. The second-order valence-electron chi connectivity index (χ2n) is 7.58. The Balaban J connectivity index is 1.81. The van der Waals surface area contributed by atoms with Crippen LogP contribution in [0.5, 0.6) is 5.75 Å². The lowest BCUT2D eigenvalue weighted by Crippen LogP contribution is -2.55. The third-order valence-corrected chi connectivity index (χ3v) is 5.42. The zero-order chi connectivity index (χ0) is 21.3. The SMILES string of the molecule is CCOc1ccccc1C(=O)NCCCC(=O)N[C@@]1(C)CCCC[C@@H]1C(=O)OC. The van der Waals surface area contributed by atoms with Crippen LogP contribution in [0.15, 0.2) is 24.3 Å². The Bertz CT molecular complexity index is 721. The van der Waals surface area contributed by atoms with Crippen molar-refractivity contribution < 1.29 is 23.9 Å². The van der Waals surface area contributed by atoms with Gasteiger partial charge in [0, 0.05) is 13.0 Å². The van der Waals surface area contributed by atoms with Gasteiger partial charge in [0.1, 0.15) is 5.75 Å². The van der Waals surface area contributed by atoms with Crippen LogP contribution in [0, 0.1) is 5.92 Å². The van der Waals surface area contributed by atoms with E-state index in [9.17, 15) is 14.4 Å². The molecule has 1 aliphatic rings. The number of hydrogen-bond acceptors (Lipinski definition) is 5. The summed E-state index contributed by atoms with van der Waals surface area (Å²) in [7, 11) is 1.38. The minimum absolute atomic E-state index is 0.118. The lowest BCUT2D eigenvalue weighted by molar-refractivity contribution is -0.150. The van der Waals surface area contributed by atoms with E-state index in [4.69, 9.17) is 9.47 Å². The smallest absolute Gasteiger partial charge is 0.311 e. The quantitative estimate of drug-likeness (QED) is 0.488. The normalized spacial score (nSPS) is 21.1. The zero-order valence-corrected chi connectivity index (χ0v) is 17.6. The molecule has 1 aromatic carbocycles. The Morgan fingerprint density at radius 3 is 2.69 bits per heavy atom. The molecule has 2 N–H and O–H groups in total. The van der Waals surface area contributed by atoms with Crippen LogP contribution >= 0.6 is 0 Å². The van der Waals surface area contributed by atoms with Gasteiger partial charge in [0.2, 0.25) is 5.91 Å². The topological polar surface area (TPSA) is 93.7 Å². The first kappa shape index (κ1) is 22.7. The minimum atomic E-state index is -0.581. The van der Waals surface area contributed by atoms with Gasteiger partial charge in [-0.15, -0.1) is 0 Å². The monoisotopic (exact) mass is 404 g/mol. The number of benzene rings is 1. The standard InChI is InChI=1S/C22H32N2O5/c1-4-29-18-12-6-5-10-16(18)20(26)23-15-9-13-19(25)24-22(2)14-8-7-11-17(22)21(27)28-3/h5-6,10,12,17H,4,7-9,11,13-15H2,1-3H3,(H,23,26)(H,24,25)/t17-,22+/m1/s1. The van der Waals surface area contributed by atoms with Gasteiger partial charge >= 0.3 is 5.97 Å². The summed E-state index contributed by atoms with van der Waals surface area (Å²) in [5.41, 5.74) is -0.100. The van der Waals surface area contributed by atoms with E-state index < -0.39 is 5.54 Å². The highest BCUT2D eigenvalue weighted by atomic mass is 16.5. The van der Waals surface area contributed by atoms with Crippen LogP contribution in [0.3, 0.4) is 0 Å². The molecule has 1 aliphatic carbocycles. The number of esters is 1. The van der Waals surface area contributed by atoms with Crippen molar-refractivity contribution >= 4 is 17.8 Å². The van der Waals surface area contributed by atoms with Crippen molar-refractivity contribution in [2.45, 2.75) is 57.9 Å². The lowest BCUT2D eigenvalue weighted by atomic mass is 9.73. The molecule has 0 saturated heterocycles. The van der Waals surface area contributed by atoms with Gasteiger partial charge in [-0.1, -0.05) is 25.0 Å². The highest BCUT2D eigenvalue weighted by molar-refractivity contribution is 5.96. The van der Waals surface area contributed by atoms with Gasteiger partial charge in [0.15, 0.2) is 0 Å². The third-order valence-electron chi connectivity index (χ3n) is 5.42. The lowest BCUT2D eigenvalue weighted by Gasteiger charge is -2.40. The molecule has 160 valence electrons. The number of amides is 2. The van der Waals surface area contributed by atoms with Crippen molar-refractivity contribution in [3.63, 3.8) is 0 Å². The van der Waals surface area contributed by atoms with Crippen LogP contribution in [-0.4, -0.2) is 43.6 Å². The van der Waals surface area contributed by atoms with E-state index in [1.807, 2.05) is 19.9 Å². The van der Waals surface area contributed by atoms with Crippen molar-refractivity contribution in [3.8, 4) is 5.75 Å². The average Bonchev–Trinajstić information content (AvgIpc) is 2.71. The third kappa shape index (κ3) is 6.21. The first-order valence-electron chi connectivity index (χ1n) is 10.3. The van der Waals surface area contributed by atoms with Gasteiger partial charge in [-0.2, -0.15) is 0 Å². The fourth-order valence-electron chi connectivity index (χ4n) is 3.87. The summed E-state index contributed by atoms with van der Waals surface area (Å²) in [6, 6.07) is 7.07. The Kier molecular flexibility index (Phi) is 8.49. The molecule has 0 unspecified atom stereocenters. The van der Waals surface area contributed by atoms with Gasteiger partial charge in [0.05, 0.1) is 30.7 Å². The Labute approximate surface area is 172 Å². The number of hydrogen-bond donors (Lipinski definition) is 2. The van der Waals surface area contributed by atoms with Gasteiger partial charge in [-0.25, -0.2) is 0 Å². The molecule has 1 saturated carbocycles. The number of rotatable bonds is 9. The second-order valence-corrected chi connectivity index (χ2v) is 7.58. The highest BCUT2D eigenvalue weighted by Gasteiger charge is 2.42. The molecule has 0 bridgehead atoms. The molecule has 1 aromatic rings. The van der Waals surface area contributed by atoms with Crippen LogP contribution in [0.1, 0.15) is 62.7 Å². The predicted octanol–water partition coefficient (Wildman–Crippen LogP) is 2.83. The Morgan fingerprint density at radius 1 is 1.21 bits per heavy atom. The molecule has 0 aliphatic heterocycles. The van der Waals surface area contributed by atoms with Crippen LogP contribution in [-0.2, 0) is 14.3 Å². The first-order chi connectivity index (χ1) is 13.9. The van der Waals surface area contributed by atoms with Gasteiger partial charge < -0.3 is 20.1 Å². The Hall–Kier alpha value is -2.57. The summed E-state index contributed by atoms with van der Waals surface area (Å²) in [6.07, 6.45) is 4.19. The van der Waals surface area contributed by atoms with E-state index in [0.29, 0.717) is 30.9 Å². The number of nitrogens with one attached hydrogen (secondary N) is 2. The van der Waals surface area contributed by atoms with Crippen molar-refractivity contribution in [2.75, 3.05) is 20.3 Å². The summed E-state index contributed by atoms with van der Waals surface area (Å²) in [4.78, 5) is 36.9. The molecule has 1 fully saturated rings. The fraction of sp³-hybridized carbons (Fsp3) is 0.591. The number of carbonyl (C=O) groups excluding carboxylic acids is 3. The molecule has 7 heteroatoms. The number of ether oxygens (including phenoxy) is 2. The van der Waals surface area contributed by atoms with E-state index in [1.54, 1.807) is 18.2 Å². The fourth-order valence-corrected chi connectivity index (χ4v) is 3.87. The number of para-hydroxylation sites is 1. The molecule has 29 heavy (non-hydrogen) atoms. The molecular formula is C22H32N2O5. The molecule has 7 nitrogen and oxygen atoms in total. The second kappa shape index (κ2) is 10.8. The van der Waals surface area contributed by atoms with Crippen LogP contribution < -0.4 is 15.4 Å². The number of carbonyl (C=O) groups is 3. The van der Waals surface area contributed by atoms with Crippen molar-refractivity contribution in [1.82, 2.24) is 10.6 Å². The summed E-state index contributed by atoms with van der Waals surface area (Å²) in [5.74, 6) is -0.385. The molecule has 0 spiro atoms. The van der Waals surface area contributed by atoms with Crippen LogP contribution in [0.25, 0.3) is 0 Å². The van der Waals surface area contributed by atoms with Gasteiger partial charge in [-0.3, -0.25) is 14.4 Å². The summed E-state index contributed by atoms with van der Waals surface area (Å²) in [5, 5.41) is 5.86. The van der Waals surface area contributed by atoms with Crippen molar-refractivity contribution in [2.24, 2.45) is 5.92 Å². The first-order valence-corrected chi connectivity index (χ1v) is 10.3. The molecule has 0 heterocycles. The Morgan fingerprint density at radius 2 is 1.97 bits per heavy atom. The molecule has 2 amide bonds. The summed E-state index contributed by atoms with van der Waals surface area (Å²) < 4.78 is 10.4. The summed E-state index contributed by atoms with van der Waals surface area (Å²) in [6.45, 7) is 4.64. The van der Waals surface area contributed by atoms with Crippen LogP contribution in [0.2, 0.25) is 0 Å². The van der Waals surface area contributed by atoms with Crippen molar-refractivity contribution in [1.29, 1.82) is 0 Å². The predicted molar refractivity (Wildman–Crippen MR) is 110 cm³/mol. The molecule has 2 atom stereocenters. The summed E-state index contributed by atoms with van der Waals surface area (Å²) >= 11 is 0. The van der Waals surface area contributed by atoms with Gasteiger partial charge in [-0.05, 0) is 45.2 Å². The molecule has 0 radical (unpaired) electrons. The van der Waals surface area contributed by atoms with E-state index in [1.165, 1.54) is 7.11 Å². The molecule has 2 rings (SSSR count). The van der Waals surface area contributed by atoms with E-state index >= 15 is 0 Å². The van der Waals surface area contributed by atoms with E-state index in [-0.39, 0.29) is 30.1 Å². The number of methoxy groups -OCH3 is 1. The maximum absolute atomic E-state index is 12.4. The molecule has 0 aromatic heterocycles. The maximum Gasteiger partial charge on any atom is 0.311 e. The van der Waals surface area contributed by atoms with Gasteiger partial charge in [0.25, 0.3) is 5.91 Å². The van der Waals surface area contributed by atoms with Crippen LogP contribution in [0.4, 0.5) is 0 Å². The minimum Gasteiger partial charge on any atom is -0.493 e. The average molecular weight is 405 g/mol. The maximum atomic E-state index is 12.4.